The van der Waals surface area contributed by atoms with Gasteiger partial charge in [-0.05, 0) is 18.4 Å². The van der Waals surface area contributed by atoms with Crippen LogP contribution in [0.3, 0.4) is 0 Å². The van der Waals surface area contributed by atoms with Gasteiger partial charge in [0.15, 0.2) is 5.13 Å². The summed E-state index contributed by atoms with van der Waals surface area (Å²) in [5.74, 6) is 0.107. The number of benzene rings is 1. The molecular formula is C15H16N2O2S. The molecule has 4 nitrogen and oxygen atoms in total. The molecule has 0 bridgehead atoms. The molecule has 3 rings (SSSR count). The average molecular weight is 288 g/mol. The van der Waals surface area contributed by atoms with Crippen LogP contribution in [0.4, 0.5) is 5.13 Å². The van der Waals surface area contributed by atoms with Crippen molar-refractivity contribution in [1.82, 2.24) is 4.98 Å². The Hall–Kier alpha value is -1.72. The van der Waals surface area contributed by atoms with Gasteiger partial charge in [0.2, 0.25) is 5.91 Å². The zero-order valence-electron chi connectivity index (χ0n) is 11.0. The molecule has 2 aromatic rings. The van der Waals surface area contributed by atoms with E-state index in [1.54, 1.807) is 6.20 Å². The maximum Gasteiger partial charge on any atom is 0.229 e. The quantitative estimate of drug-likeness (QED) is 0.943. The molecule has 1 fully saturated rings. The molecule has 2 heterocycles. The maximum atomic E-state index is 12.1. The molecule has 0 saturated carbocycles. The lowest BCUT2D eigenvalue weighted by molar-refractivity contribution is -0.122. The van der Waals surface area contributed by atoms with E-state index in [1.165, 1.54) is 11.3 Å². The molecule has 5 heteroatoms. The van der Waals surface area contributed by atoms with Crippen LogP contribution >= 0.6 is 11.3 Å². The summed E-state index contributed by atoms with van der Waals surface area (Å²) >= 11 is 1.50. The number of nitrogens with one attached hydrogen (secondary N) is 1. The summed E-state index contributed by atoms with van der Waals surface area (Å²) in [7, 11) is 0. The van der Waals surface area contributed by atoms with Crippen molar-refractivity contribution in [2.24, 2.45) is 5.92 Å². The van der Waals surface area contributed by atoms with E-state index >= 15 is 0 Å². The summed E-state index contributed by atoms with van der Waals surface area (Å²) in [4.78, 5) is 17.5. The van der Waals surface area contributed by atoms with Gasteiger partial charge in [0.25, 0.3) is 0 Å². The number of nitrogens with zero attached hydrogens (tertiary/aromatic N) is 1. The molecule has 0 unspecified atom stereocenters. The number of rotatable bonds is 3. The van der Waals surface area contributed by atoms with Gasteiger partial charge < -0.3 is 10.1 Å². The van der Waals surface area contributed by atoms with E-state index in [2.05, 4.69) is 10.3 Å². The van der Waals surface area contributed by atoms with Crippen LogP contribution in [0, 0.1) is 5.92 Å². The Morgan fingerprint density at radius 3 is 2.75 bits per heavy atom. The third-order valence-corrected chi connectivity index (χ3v) is 4.35. The molecule has 1 aromatic carbocycles. The summed E-state index contributed by atoms with van der Waals surface area (Å²) in [5.41, 5.74) is 1.12. The highest BCUT2D eigenvalue weighted by atomic mass is 32.1. The van der Waals surface area contributed by atoms with Gasteiger partial charge in [0, 0.05) is 25.3 Å². The summed E-state index contributed by atoms with van der Waals surface area (Å²) in [6, 6.07) is 10.1. The van der Waals surface area contributed by atoms with Gasteiger partial charge in [0.1, 0.15) is 0 Å². The topological polar surface area (TPSA) is 51.2 Å². The van der Waals surface area contributed by atoms with Crippen LogP contribution in [0.1, 0.15) is 12.8 Å². The van der Waals surface area contributed by atoms with Gasteiger partial charge in [-0.2, -0.15) is 0 Å². The lowest BCUT2D eigenvalue weighted by Gasteiger charge is -2.20. The standard InChI is InChI=1S/C15H16N2O2S/c18-14(12-6-8-19-9-7-12)17-15-16-10-13(20-15)11-4-2-1-3-5-11/h1-5,10,12H,6-9H2,(H,16,17,18). The minimum absolute atomic E-state index is 0.0489. The van der Waals surface area contributed by atoms with Crippen LogP contribution in [-0.4, -0.2) is 24.1 Å². The lowest BCUT2D eigenvalue weighted by atomic mass is 10.00. The second-order valence-electron chi connectivity index (χ2n) is 4.77. The maximum absolute atomic E-state index is 12.1. The second kappa shape index (κ2) is 6.15. The van der Waals surface area contributed by atoms with Crippen LogP contribution in [0.5, 0.6) is 0 Å². The van der Waals surface area contributed by atoms with E-state index in [4.69, 9.17) is 4.74 Å². The van der Waals surface area contributed by atoms with E-state index in [9.17, 15) is 4.79 Å². The minimum atomic E-state index is 0.0489. The molecule has 0 radical (unpaired) electrons. The molecule has 1 aliphatic heterocycles. The predicted molar refractivity (Wildman–Crippen MR) is 79.7 cm³/mol. The fraction of sp³-hybridized carbons (Fsp3) is 0.333. The van der Waals surface area contributed by atoms with Crippen molar-refractivity contribution in [3.05, 3.63) is 36.5 Å². The Morgan fingerprint density at radius 1 is 1.25 bits per heavy atom. The molecule has 1 aliphatic rings. The zero-order valence-corrected chi connectivity index (χ0v) is 11.9. The van der Waals surface area contributed by atoms with Crippen LogP contribution in [0.15, 0.2) is 36.5 Å². The van der Waals surface area contributed by atoms with Gasteiger partial charge in [-0.25, -0.2) is 4.98 Å². The summed E-state index contributed by atoms with van der Waals surface area (Å²) in [6.45, 7) is 1.34. The van der Waals surface area contributed by atoms with E-state index in [0.717, 1.165) is 23.3 Å². The van der Waals surface area contributed by atoms with Gasteiger partial charge in [-0.1, -0.05) is 41.7 Å². The zero-order chi connectivity index (χ0) is 13.8. The van der Waals surface area contributed by atoms with E-state index < -0.39 is 0 Å². The second-order valence-corrected chi connectivity index (χ2v) is 5.80. The predicted octanol–water partition coefficient (Wildman–Crippen LogP) is 3.18. The van der Waals surface area contributed by atoms with E-state index in [0.29, 0.717) is 18.3 Å². The molecule has 104 valence electrons. The number of amides is 1. The first-order valence-electron chi connectivity index (χ1n) is 6.73. The first-order valence-corrected chi connectivity index (χ1v) is 7.54. The van der Waals surface area contributed by atoms with Gasteiger partial charge in [-0.15, -0.1) is 0 Å². The fourth-order valence-electron chi connectivity index (χ4n) is 2.24. The Bertz CT molecular complexity index is 577. The summed E-state index contributed by atoms with van der Waals surface area (Å²) in [5, 5.41) is 3.58. The smallest absolute Gasteiger partial charge is 0.229 e. The minimum Gasteiger partial charge on any atom is -0.381 e. The first kappa shape index (κ1) is 13.3. The molecule has 0 aliphatic carbocycles. The first-order chi connectivity index (χ1) is 9.83. The highest BCUT2D eigenvalue weighted by Gasteiger charge is 2.22. The third-order valence-electron chi connectivity index (χ3n) is 3.39. The number of carbonyl (C=O) groups excluding carboxylic acids is 1. The molecule has 1 N–H and O–H groups in total. The average Bonchev–Trinajstić information content (AvgIpc) is 2.97. The molecule has 1 aromatic heterocycles. The SMILES string of the molecule is O=C(Nc1ncc(-c2ccccc2)s1)C1CCOCC1. The Balaban J connectivity index is 1.66. The Labute approximate surface area is 121 Å². The molecule has 0 spiro atoms. The normalized spacial score (nSPS) is 16.0. The lowest BCUT2D eigenvalue weighted by Crippen LogP contribution is -2.28. The number of aromatic nitrogens is 1. The van der Waals surface area contributed by atoms with Crippen LogP contribution < -0.4 is 5.32 Å². The number of ether oxygens (including phenoxy) is 1. The van der Waals surface area contributed by atoms with Crippen molar-refractivity contribution in [2.45, 2.75) is 12.8 Å². The molecule has 1 amide bonds. The van der Waals surface area contributed by atoms with Crippen molar-refractivity contribution in [3.8, 4) is 10.4 Å². The van der Waals surface area contributed by atoms with Crippen molar-refractivity contribution in [3.63, 3.8) is 0 Å². The highest BCUT2D eigenvalue weighted by Crippen LogP contribution is 2.29. The van der Waals surface area contributed by atoms with E-state index in [-0.39, 0.29) is 11.8 Å². The molecule has 20 heavy (non-hydrogen) atoms. The number of hydrogen-bond acceptors (Lipinski definition) is 4. The fourth-order valence-corrected chi connectivity index (χ4v) is 3.06. The van der Waals surface area contributed by atoms with Crippen LogP contribution in [0.25, 0.3) is 10.4 Å². The van der Waals surface area contributed by atoms with Crippen LogP contribution in [-0.2, 0) is 9.53 Å². The largest absolute Gasteiger partial charge is 0.381 e. The Kier molecular flexibility index (Phi) is 4.08. The molecule has 1 saturated heterocycles. The number of hydrogen-bond donors (Lipinski definition) is 1. The van der Waals surface area contributed by atoms with Crippen molar-refractivity contribution < 1.29 is 9.53 Å². The molecular weight excluding hydrogens is 272 g/mol. The van der Waals surface area contributed by atoms with Crippen molar-refractivity contribution in [2.75, 3.05) is 18.5 Å². The highest BCUT2D eigenvalue weighted by molar-refractivity contribution is 7.19. The van der Waals surface area contributed by atoms with E-state index in [1.807, 2.05) is 30.3 Å². The van der Waals surface area contributed by atoms with Crippen LogP contribution in [0.2, 0.25) is 0 Å². The summed E-state index contributed by atoms with van der Waals surface area (Å²) in [6.07, 6.45) is 3.39. The third kappa shape index (κ3) is 3.05. The molecule has 0 atom stereocenters. The Morgan fingerprint density at radius 2 is 2.00 bits per heavy atom. The number of carbonyl (C=O) groups is 1. The van der Waals surface area contributed by atoms with Gasteiger partial charge in [0.05, 0.1) is 4.88 Å². The van der Waals surface area contributed by atoms with Crippen molar-refractivity contribution in [1.29, 1.82) is 0 Å². The monoisotopic (exact) mass is 288 g/mol. The van der Waals surface area contributed by atoms with Crippen molar-refractivity contribution >= 4 is 22.4 Å². The number of thiazole rings is 1. The van der Waals surface area contributed by atoms with Gasteiger partial charge >= 0.3 is 0 Å². The summed E-state index contributed by atoms with van der Waals surface area (Å²) < 4.78 is 5.27. The van der Waals surface area contributed by atoms with Gasteiger partial charge in [-0.3, -0.25) is 4.79 Å². The number of anilines is 1.